The van der Waals surface area contributed by atoms with Crippen molar-refractivity contribution >= 4 is 23.4 Å². The Hall–Kier alpha value is -1.56. The van der Waals surface area contributed by atoms with Crippen molar-refractivity contribution in [3.8, 4) is 0 Å². The lowest BCUT2D eigenvalue weighted by atomic mass is 10.1. The molecule has 2 amide bonds. The first-order chi connectivity index (χ1) is 9.10. The first-order valence-corrected chi connectivity index (χ1v) is 6.71. The summed E-state index contributed by atoms with van der Waals surface area (Å²) in [6, 6.07) is 0. The van der Waals surface area contributed by atoms with Crippen molar-refractivity contribution in [1.82, 2.24) is 20.0 Å². The van der Waals surface area contributed by atoms with Crippen LogP contribution in [0.15, 0.2) is 12.4 Å². The lowest BCUT2D eigenvalue weighted by Gasteiger charge is -2.13. The lowest BCUT2D eigenvalue weighted by molar-refractivity contribution is -0.128. The molecule has 1 saturated heterocycles. The predicted molar refractivity (Wildman–Crippen MR) is 70.6 cm³/mol. The highest BCUT2D eigenvalue weighted by atomic mass is 35.5. The fraction of sp³-hybridized carbons (Fsp3) is 0.583. The topological polar surface area (TPSA) is 67.2 Å². The Morgan fingerprint density at radius 2 is 2.42 bits per heavy atom. The summed E-state index contributed by atoms with van der Waals surface area (Å²) >= 11 is 5.74. The van der Waals surface area contributed by atoms with E-state index in [2.05, 4.69) is 10.4 Å². The Morgan fingerprint density at radius 1 is 1.63 bits per heavy atom. The molecule has 0 spiro atoms. The molecule has 1 aliphatic rings. The number of aromatic nitrogens is 2. The summed E-state index contributed by atoms with van der Waals surface area (Å²) < 4.78 is 1.67. The minimum atomic E-state index is -0.228. The molecule has 1 fully saturated rings. The number of amides is 2. The van der Waals surface area contributed by atoms with Crippen LogP contribution in [0.4, 0.5) is 0 Å². The van der Waals surface area contributed by atoms with Crippen LogP contribution in [0, 0.1) is 5.92 Å². The van der Waals surface area contributed by atoms with Crippen molar-refractivity contribution in [3.63, 3.8) is 0 Å². The average molecular weight is 285 g/mol. The van der Waals surface area contributed by atoms with Gasteiger partial charge in [0.15, 0.2) is 0 Å². The van der Waals surface area contributed by atoms with Gasteiger partial charge >= 0.3 is 0 Å². The molecule has 1 aliphatic heterocycles. The zero-order valence-corrected chi connectivity index (χ0v) is 11.6. The molecule has 0 radical (unpaired) electrons. The third-order valence-corrected chi connectivity index (χ3v) is 3.40. The number of carbonyl (C=O) groups is 2. The van der Waals surface area contributed by atoms with Crippen LogP contribution in [0.2, 0.25) is 5.02 Å². The first-order valence-electron chi connectivity index (χ1n) is 6.33. The maximum atomic E-state index is 11.9. The third-order valence-electron chi connectivity index (χ3n) is 3.21. The quantitative estimate of drug-likeness (QED) is 0.857. The van der Waals surface area contributed by atoms with Gasteiger partial charge in [-0.1, -0.05) is 11.6 Å². The summed E-state index contributed by atoms with van der Waals surface area (Å²) in [6.07, 6.45) is 3.57. The molecular weight excluding hydrogens is 268 g/mol. The van der Waals surface area contributed by atoms with Gasteiger partial charge < -0.3 is 10.2 Å². The second kappa shape index (κ2) is 6.06. The maximum absolute atomic E-state index is 11.9. The molecule has 104 valence electrons. The van der Waals surface area contributed by atoms with Gasteiger partial charge in [0, 0.05) is 32.3 Å². The monoisotopic (exact) mass is 284 g/mol. The fourth-order valence-electron chi connectivity index (χ4n) is 2.15. The Morgan fingerprint density at radius 3 is 3.00 bits per heavy atom. The minimum absolute atomic E-state index is 0.0570. The van der Waals surface area contributed by atoms with Crippen LogP contribution in [-0.4, -0.2) is 46.1 Å². The highest BCUT2D eigenvalue weighted by molar-refractivity contribution is 6.30. The van der Waals surface area contributed by atoms with Crippen LogP contribution in [0.3, 0.4) is 0 Å². The summed E-state index contributed by atoms with van der Waals surface area (Å²) in [5.74, 6) is -0.238. The summed E-state index contributed by atoms with van der Waals surface area (Å²) in [5, 5.41) is 7.42. The molecule has 19 heavy (non-hydrogen) atoms. The summed E-state index contributed by atoms with van der Waals surface area (Å²) in [4.78, 5) is 25.1. The molecule has 1 aromatic rings. The van der Waals surface area contributed by atoms with Gasteiger partial charge in [-0.05, 0) is 6.92 Å². The molecule has 0 saturated carbocycles. The molecule has 1 unspecified atom stereocenters. The van der Waals surface area contributed by atoms with Crippen molar-refractivity contribution in [3.05, 3.63) is 17.4 Å². The Bertz CT molecular complexity index is 474. The second-order valence-corrected chi connectivity index (χ2v) is 4.98. The zero-order valence-electron chi connectivity index (χ0n) is 10.8. The van der Waals surface area contributed by atoms with Gasteiger partial charge in [-0.3, -0.25) is 14.3 Å². The van der Waals surface area contributed by atoms with Crippen LogP contribution in [0.1, 0.15) is 13.3 Å². The number of hydrogen-bond acceptors (Lipinski definition) is 3. The van der Waals surface area contributed by atoms with Gasteiger partial charge in [-0.25, -0.2) is 0 Å². The van der Waals surface area contributed by atoms with E-state index in [0.717, 1.165) is 0 Å². The van der Waals surface area contributed by atoms with Crippen LogP contribution >= 0.6 is 11.6 Å². The number of halogens is 1. The highest BCUT2D eigenvalue weighted by Gasteiger charge is 2.32. The highest BCUT2D eigenvalue weighted by Crippen LogP contribution is 2.17. The first kappa shape index (κ1) is 13.9. The summed E-state index contributed by atoms with van der Waals surface area (Å²) in [5.41, 5.74) is 0. The van der Waals surface area contributed by atoms with E-state index < -0.39 is 0 Å². The molecule has 1 atom stereocenters. The number of rotatable bonds is 5. The Labute approximate surface area is 116 Å². The minimum Gasteiger partial charge on any atom is -0.354 e. The van der Waals surface area contributed by atoms with Crippen LogP contribution in [-0.2, 0) is 16.1 Å². The van der Waals surface area contributed by atoms with Crippen LogP contribution in [0.5, 0.6) is 0 Å². The van der Waals surface area contributed by atoms with E-state index in [1.807, 2.05) is 6.92 Å². The summed E-state index contributed by atoms with van der Waals surface area (Å²) in [6.45, 7) is 4.15. The van der Waals surface area contributed by atoms with Gasteiger partial charge in [0.25, 0.3) is 0 Å². The average Bonchev–Trinajstić information content (AvgIpc) is 2.95. The van der Waals surface area contributed by atoms with E-state index in [-0.39, 0.29) is 17.7 Å². The molecule has 1 N–H and O–H groups in total. The molecule has 0 bridgehead atoms. The van der Waals surface area contributed by atoms with Crippen molar-refractivity contribution in [2.24, 2.45) is 5.92 Å². The summed E-state index contributed by atoms with van der Waals surface area (Å²) in [7, 11) is 0. The van der Waals surface area contributed by atoms with E-state index in [1.54, 1.807) is 22.0 Å². The normalized spacial score (nSPS) is 18.9. The van der Waals surface area contributed by atoms with Crippen molar-refractivity contribution in [2.45, 2.75) is 19.9 Å². The van der Waals surface area contributed by atoms with E-state index in [0.29, 0.717) is 37.6 Å². The number of carbonyl (C=O) groups excluding carboxylic acids is 2. The van der Waals surface area contributed by atoms with E-state index in [1.165, 1.54) is 0 Å². The number of likely N-dealkylation sites (tertiary alicyclic amines) is 1. The van der Waals surface area contributed by atoms with E-state index >= 15 is 0 Å². The lowest BCUT2D eigenvalue weighted by Crippen LogP contribution is -2.34. The molecular formula is C12H17ClN4O2. The number of hydrogen-bond donors (Lipinski definition) is 1. The Balaban J connectivity index is 1.74. The molecule has 1 aromatic heterocycles. The van der Waals surface area contributed by atoms with Crippen LogP contribution < -0.4 is 5.32 Å². The predicted octanol–water partition coefficient (Wildman–Crippen LogP) is 0.521. The number of nitrogens with zero attached hydrogens (tertiary/aromatic N) is 3. The third kappa shape index (κ3) is 3.47. The SMILES string of the molecule is CCN1CC(C(=O)NCCn2cc(Cl)cn2)CC1=O. The maximum Gasteiger partial charge on any atom is 0.225 e. The van der Waals surface area contributed by atoms with Gasteiger partial charge in [0.2, 0.25) is 11.8 Å². The van der Waals surface area contributed by atoms with Crippen LogP contribution in [0.25, 0.3) is 0 Å². The second-order valence-electron chi connectivity index (χ2n) is 4.55. The van der Waals surface area contributed by atoms with E-state index in [9.17, 15) is 9.59 Å². The van der Waals surface area contributed by atoms with E-state index in [4.69, 9.17) is 11.6 Å². The van der Waals surface area contributed by atoms with Gasteiger partial charge in [0.05, 0.1) is 23.7 Å². The van der Waals surface area contributed by atoms with Gasteiger partial charge in [0.1, 0.15) is 0 Å². The van der Waals surface area contributed by atoms with Crippen molar-refractivity contribution in [2.75, 3.05) is 19.6 Å². The Kier molecular flexibility index (Phi) is 4.42. The van der Waals surface area contributed by atoms with Crippen molar-refractivity contribution in [1.29, 1.82) is 0 Å². The fourth-order valence-corrected chi connectivity index (χ4v) is 2.31. The molecule has 2 rings (SSSR count). The molecule has 7 heteroatoms. The molecule has 0 aromatic carbocycles. The standard InChI is InChI=1S/C12H17ClN4O2/c1-2-16-7-9(5-11(16)18)12(19)14-3-4-17-8-10(13)6-15-17/h6,8-9H,2-5,7H2,1H3,(H,14,19). The molecule has 6 nitrogen and oxygen atoms in total. The largest absolute Gasteiger partial charge is 0.354 e. The smallest absolute Gasteiger partial charge is 0.225 e. The molecule has 0 aliphatic carbocycles. The zero-order chi connectivity index (χ0) is 13.8. The molecule has 2 heterocycles. The van der Waals surface area contributed by atoms with Crippen molar-refractivity contribution < 1.29 is 9.59 Å². The number of nitrogens with one attached hydrogen (secondary N) is 1. The van der Waals surface area contributed by atoms with Gasteiger partial charge in [-0.15, -0.1) is 0 Å². The van der Waals surface area contributed by atoms with Gasteiger partial charge in [-0.2, -0.15) is 5.10 Å².